The summed E-state index contributed by atoms with van der Waals surface area (Å²) in [6.07, 6.45) is 0. The van der Waals surface area contributed by atoms with E-state index in [-0.39, 0.29) is 0 Å². The van der Waals surface area contributed by atoms with Gasteiger partial charge in [-0.3, -0.25) is 0 Å². The van der Waals surface area contributed by atoms with Gasteiger partial charge in [-0.2, -0.15) is 10.5 Å². The Labute approximate surface area is 95.8 Å². The van der Waals surface area contributed by atoms with E-state index in [1.807, 2.05) is 39.8 Å². The van der Waals surface area contributed by atoms with Crippen molar-refractivity contribution < 1.29 is 0 Å². The maximum atomic E-state index is 8.88. The van der Waals surface area contributed by atoms with Gasteiger partial charge in [0.25, 0.3) is 0 Å². The lowest BCUT2D eigenvalue weighted by molar-refractivity contribution is 1.28. The van der Waals surface area contributed by atoms with Crippen LogP contribution in [0.15, 0.2) is 12.1 Å². The molecule has 0 N–H and O–H groups in total. The maximum absolute atomic E-state index is 8.88. The number of benzene rings is 1. The smallest absolute Gasteiger partial charge is 0.0950 e. The highest BCUT2D eigenvalue weighted by Crippen LogP contribution is 1.97. The summed E-state index contributed by atoms with van der Waals surface area (Å²) < 4.78 is 0. The van der Waals surface area contributed by atoms with Crippen molar-refractivity contribution in [3.8, 4) is 12.1 Å². The topological polar surface area (TPSA) is 47.6 Å². The van der Waals surface area contributed by atoms with E-state index in [0.717, 1.165) is 21.6 Å². The zero-order chi connectivity index (χ0) is 12.3. The molecule has 2 heteroatoms. The number of hydrogen-bond acceptors (Lipinski definition) is 2. The molecule has 0 bridgehead atoms. The molecule has 0 aromatic heterocycles. The van der Waals surface area contributed by atoms with Crippen LogP contribution in [0.1, 0.15) is 25.0 Å². The van der Waals surface area contributed by atoms with Crippen LogP contribution >= 0.6 is 0 Å². The van der Waals surface area contributed by atoms with Crippen LogP contribution in [0.5, 0.6) is 0 Å². The maximum Gasteiger partial charge on any atom is 0.0950 e. The second-order valence-electron chi connectivity index (χ2n) is 3.96. The van der Waals surface area contributed by atoms with Crippen molar-refractivity contribution in [3.63, 3.8) is 0 Å². The minimum atomic E-state index is 0.710. The summed E-state index contributed by atoms with van der Waals surface area (Å²) in [5, 5.41) is 19.7. The molecule has 0 unspecified atom stereocenters. The molecule has 80 valence electrons. The molecule has 0 atom stereocenters. The van der Waals surface area contributed by atoms with Gasteiger partial charge < -0.3 is 0 Å². The Morgan fingerprint density at radius 3 is 1.44 bits per heavy atom. The largest absolute Gasteiger partial charge is 0.193 e. The summed E-state index contributed by atoms with van der Waals surface area (Å²) in [5.74, 6) is 0. The van der Waals surface area contributed by atoms with Gasteiger partial charge in [0.1, 0.15) is 0 Å². The Hall–Kier alpha value is -2.06. The summed E-state index contributed by atoms with van der Waals surface area (Å²) in [4.78, 5) is 0. The Morgan fingerprint density at radius 2 is 1.19 bits per heavy atom. The predicted octanol–water partition coefficient (Wildman–Crippen LogP) is 1.69. The SMILES string of the molecule is C/C(C#N)=c1/cc(C)/c(=C(\C)C#N)cc1C. The molecule has 0 aliphatic carbocycles. The highest BCUT2D eigenvalue weighted by atomic mass is 14.2. The van der Waals surface area contributed by atoms with Gasteiger partial charge in [0.2, 0.25) is 0 Å². The van der Waals surface area contributed by atoms with Gasteiger partial charge in [0.15, 0.2) is 0 Å². The van der Waals surface area contributed by atoms with Gasteiger partial charge >= 0.3 is 0 Å². The standard InChI is InChI=1S/C14H14N2/c1-9-5-14(12(4)8-16)10(2)6-13(9)11(3)7-15/h5-6H,1-4H3/b13-11+,14-12+. The number of nitriles is 2. The van der Waals surface area contributed by atoms with Crippen LogP contribution in [0.4, 0.5) is 0 Å². The van der Waals surface area contributed by atoms with Crippen molar-refractivity contribution >= 4 is 11.1 Å². The van der Waals surface area contributed by atoms with Crippen LogP contribution in [-0.2, 0) is 0 Å². The molecule has 0 aliphatic heterocycles. The highest BCUT2D eigenvalue weighted by molar-refractivity contribution is 5.62. The summed E-state index contributed by atoms with van der Waals surface area (Å²) in [6, 6.07) is 8.27. The van der Waals surface area contributed by atoms with Gasteiger partial charge in [-0.05, 0) is 49.3 Å². The first kappa shape index (κ1) is 12.0. The average molecular weight is 210 g/mol. The summed E-state index contributed by atoms with van der Waals surface area (Å²) >= 11 is 0. The molecule has 0 heterocycles. The Balaban J connectivity index is 3.82. The Morgan fingerprint density at radius 1 is 0.875 bits per heavy atom. The van der Waals surface area contributed by atoms with Gasteiger partial charge in [0, 0.05) is 11.1 Å². The zero-order valence-corrected chi connectivity index (χ0v) is 10.0. The van der Waals surface area contributed by atoms with E-state index in [1.54, 1.807) is 0 Å². The summed E-state index contributed by atoms with van der Waals surface area (Å²) in [5.41, 5.74) is 3.49. The van der Waals surface area contributed by atoms with E-state index in [4.69, 9.17) is 10.5 Å². The molecule has 0 amide bonds. The van der Waals surface area contributed by atoms with E-state index in [1.165, 1.54) is 0 Å². The molecular formula is C14H14N2. The first-order valence-electron chi connectivity index (χ1n) is 5.10. The molecular weight excluding hydrogens is 196 g/mol. The van der Waals surface area contributed by atoms with Crippen molar-refractivity contribution in [3.05, 3.63) is 33.7 Å². The van der Waals surface area contributed by atoms with Crippen LogP contribution in [0.2, 0.25) is 0 Å². The van der Waals surface area contributed by atoms with Crippen LogP contribution in [0.25, 0.3) is 11.1 Å². The fraction of sp³-hybridized carbons (Fsp3) is 0.286. The van der Waals surface area contributed by atoms with Gasteiger partial charge in [-0.15, -0.1) is 0 Å². The molecule has 0 aliphatic rings. The van der Waals surface area contributed by atoms with Gasteiger partial charge in [-0.25, -0.2) is 0 Å². The number of hydrogen-bond donors (Lipinski definition) is 0. The fourth-order valence-electron chi connectivity index (χ4n) is 1.74. The molecule has 2 nitrogen and oxygen atoms in total. The third-order valence-corrected chi connectivity index (χ3v) is 2.71. The molecule has 1 rings (SSSR count). The Kier molecular flexibility index (Phi) is 3.48. The normalized spacial score (nSPS) is 13.6. The third kappa shape index (κ3) is 2.12. The Bertz CT molecular complexity index is 565. The van der Waals surface area contributed by atoms with E-state index in [2.05, 4.69) is 12.1 Å². The van der Waals surface area contributed by atoms with E-state index < -0.39 is 0 Å². The minimum Gasteiger partial charge on any atom is -0.193 e. The minimum absolute atomic E-state index is 0.710. The van der Waals surface area contributed by atoms with Crippen molar-refractivity contribution in [1.82, 2.24) is 0 Å². The molecule has 1 aromatic rings. The highest BCUT2D eigenvalue weighted by Gasteiger charge is 1.99. The fourth-order valence-corrected chi connectivity index (χ4v) is 1.74. The first-order valence-corrected chi connectivity index (χ1v) is 5.10. The van der Waals surface area contributed by atoms with Crippen LogP contribution < -0.4 is 10.4 Å². The molecule has 0 fully saturated rings. The summed E-state index contributed by atoms with van der Waals surface area (Å²) in [6.45, 7) is 7.54. The monoisotopic (exact) mass is 210 g/mol. The van der Waals surface area contributed by atoms with E-state index >= 15 is 0 Å². The first-order chi connectivity index (χ1) is 7.51. The van der Waals surface area contributed by atoms with Gasteiger partial charge in [-0.1, -0.05) is 12.1 Å². The van der Waals surface area contributed by atoms with Crippen LogP contribution in [0.3, 0.4) is 0 Å². The molecule has 16 heavy (non-hydrogen) atoms. The molecule has 0 spiro atoms. The molecule has 0 saturated heterocycles. The predicted molar refractivity (Wildman–Crippen MR) is 64.6 cm³/mol. The zero-order valence-electron chi connectivity index (χ0n) is 10.0. The number of aryl methyl sites for hydroxylation is 2. The van der Waals surface area contributed by atoms with Crippen LogP contribution in [-0.4, -0.2) is 0 Å². The van der Waals surface area contributed by atoms with Gasteiger partial charge in [0.05, 0.1) is 12.1 Å². The lowest BCUT2D eigenvalue weighted by Gasteiger charge is -2.02. The number of nitrogens with zero attached hydrogens (tertiary/aromatic N) is 2. The molecule has 0 radical (unpaired) electrons. The second kappa shape index (κ2) is 4.64. The van der Waals surface area contributed by atoms with Crippen molar-refractivity contribution in [2.45, 2.75) is 27.7 Å². The van der Waals surface area contributed by atoms with Crippen LogP contribution in [0, 0.1) is 36.5 Å². The van der Waals surface area contributed by atoms with E-state index in [0.29, 0.717) is 11.1 Å². The van der Waals surface area contributed by atoms with Crippen molar-refractivity contribution in [2.75, 3.05) is 0 Å². The quantitative estimate of drug-likeness (QED) is 0.654. The third-order valence-electron chi connectivity index (χ3n) is 2.71. The molecule has 1 aromatic carbocycles. The van der Waals surface area contributed by atoms with Crippen molar-refractivity contribution in [2.24, 2.45) is 0 Å². The lowest BCUT2D eigenvalue weighted by atomic mass is 10.0. The summed E-state index contributed by atoms with van der Waals surface area (Å²) in [7, 11) is 0. The molecule has 0 saturated carbocycles. The van der Waals surface area contributed by atoms with Crippen molar-refractivity contribution in [1.29, 1.82) is 10.5 Å². The average Bonchev–Trinajstić information content (AvgIpc) is 2.29. The lowest BCUT2D eigenvalue weighted by Crippen LogP contribution is -2.19. The number of rotatable bonds is 0. The second-order valence-corrected chi connectivity index (χ2v) is 3.96. The van der Waals surface area contributed by atoms with E-state index in [9.17, 15) is 0 Å².